The second-order valence-corrected chi connectivity index (χ2v) is 8.97. The van der Waals surface area contributed by atoms with Gasteiger partial charge in [-0.1, -0.05) is 31.4 Å². The van der Waals surface area contributed by atoms with Crippen LogP contribution in [0.2, 0.25) is 0 Å². The number of nitrogens with one attached hydrogen (secondary N) is 3. The molecule has 1 saturated carbocycles. The average molecular weight is 445 g/mol. The van der Waals surface area contributed by atoms with Gasteiger partial charge in [0.2, 0.25) is 11.8 Å². The van der Waals surface area contributed by atoms with E-state index in [0.29, 0.717) is 19.5 Å². The van der Waals surface area contributed by atoms with Gasteiger partial charge in [-0.05, 0) is 43.4 Å². The van der Waals surface area contributed by atoms with Gasteiger partial charge in [-0.2, -0.15) is 0 Å². The number of rotatable bonds is 6. The SMILES string of the molecule is COc1ccc(CNC(=O)C2CCCC(NC(=O)NC3CCCC3)CN(C)C(=O)C2)cc1. The maximum atomic E-state index is 12.8. The summed E-state index contributed by atoms with van der Waals surface area (Å²) in [4.78, 5) is 39.5. The van der Waals surface area contributed by atoms with Crippen LogP contribution in [0.5, 0.6) is 5.75 Å². The summed E-state index contributed by atoms with van der Waals surface area (Å²) >= 11 is 0. The number of amides is 4. The highest BCUT2D eigenvalue weighted by atomic mass is 16.5. The number of urea groups is 1. The largest absolute Gasteiger partial charge is 0.497 e. The smallest absolute Gasteiger partial charge is 0.315 e. The number of carbonyl (C=O) groups is 3. The fourth-order valence-electron chi connectivity index (χ4n) is 4.50. The zero-order chi connectivity index (χ0) is 22.9. The van der Waals surface area contributed by atoms with E-state index in [2.05, 4.69) is 16.0 Å². The molecular weight excluding hydrogens is 408 g/mol. The van der Waals surface area contributed by atoms with Crippen LogP contribution in [0.4, 0.5) is 4.79 Å². The summed E-state index contributed by atoms with van der Waals surface area (Å²) in [6, 6.07) is 7.51. The third kappa shape index (κ3) is 7.14. The van der Waals surface area contributed by atoms with Crippen molar-refractivity contribution in [3.05, 3.63) is 29.8 Å². The Morgan fingerprint density at radius 3 is 2.34 bits per heavy atom. The summed E-state index contributed by atoms with van der Waals surface area (Å²) in [6.07, 6.45) is 6.70. The van der Waals surface area contributed by atoms with Crippen molar-refractivity contribution in [3.63, 3.8) is 0 Å². The predicted octanol–water partition coefficient (Wildman–Crippen LogP) is 2.57. The van der Waals surface area contributed by atoms with Crippen molar-refractivity contribution >= 4 is 17.8 Å². The molecule has 1 aromatic rings. The lowest BCUT2D eigenvalue weighted by Crippen LogP contribution is -2.49. The van der Waals surface area contributed by atoms with E-state index in [-0.39, 0.29) is 42.3 Å². The summed E-state index contributed by atoms with van der Waals surface area (Å²) in [5.41, 5.74) is 0.975. The molecule has 0 radical (unpaired) electrons. The Labute approximate surface area is 190 Å². The molecule has 176 valence electrons. The lowest BCUT2D eigenvalue weighted by Gasteiger charge is -2.25. The van der Waals surface area contributed by atoms with Crippen LogP contribution in [0.15, 0.2) is 24.3 Å². The molecule has 32 heavy (non-hydrogen) atoms. The van der Waals surface area contributed by atoms with Gasteiger partial charge in [-0.25, -0.2) is 4.79 Å². The van der Waals surface area contributed by atoms with Crippen LogP contribution < -0.4 is 20.7 Å². The molecule has 3 rings (SSSR count). The highest BCUT2D eigenvalue weighted by molar-refractivity contribution is 5.85. The standard InChI is InChI=1S/C24H36N4O4/c1-28-16-20(27-24(31)26-19-7-3-4-8-19)9-5-6-18(14-22(28)29)23(30)25-15-17-10-12-21(32-2)13-11-17/h10-13,18-20H,3-9,14-16H2,1-2H3,(H,25,30)(H2,26,27,31). The van der Waals surface area contributed by atoms with E-state index in [1.54, 1.807) is 19.1 Å². The fraction of sp³-hybridized carbons (Fsp3) is 0.625. The maximum absolute atomic E-state index is 12.8. The number of benzene rings is 1. The molecule has 0 aromatic heterocycles. The summed E-state index contributed by atoms with van der Waals surface area (Å²) in [7, 11) is 3.35. The Morgan fingerprint density at radius 2 is 1.66 bits per heavy atom. The van der Waals surface area contributed by atoms with Gasteiger partial charge >= 0.3 is 6.03 Å². The van der Waals surface area contributed by atoms with Gasteiger partial charge in [0.05, 0.1) is 7.11 Å². The normalized spacial score (nSPS) is 22.4. The molecule has 2 fully saturated rings. The Hall–Kier alpha value is -2.77. The van der Waals surface area contributed by atoms with Crippen LogP contribution in [-0.4, -0.2) is 55.5 Å². The molecule has 8 nitrogen and oxygen atoms in total. The third-order valence-electron chi connectivity index (χ3n) is 6.47. The van der Waals surface area contributed by atoms with Gasteiger partial charge < -0.3 is 25.6 Å². The minimum absolute atomic E-state index is 0.0699. The molecule has 2 atom stereocenters. The maximum Gasteiger partial charge on any atom is 0.315 e. The van der Waals surface area contributed by atoms with Gasteiger partial charge in [-0.15, -0.1) is 0 Å². The van der Waals surface area contributed by atoms with Crippen molar-refractivity contribution in [1.82, 2.24) is 20.9 Å². The Kier molecular flexibility index (Phi) is 8.76. The third-order valence-corrected chi connectivity index (χ3v) is 6.47. The Morgan fingerprint density at radius 1 is 1.00 bits per heavy atom. The summed E-state index contributed by atoms with van der Waals surface area (Å²) in [5.74, 6) is 0.229. The minimum Gasteiger partial charge on any atom is -0.497 e. The molecular formula is C24H36N4O4. The van der Waals surface area contributed by atoms with Crippen molar-refractivity contribution in [1.29, 1.82) is 0 Å². The number of hydrogen-bond donors (Lipinski definition) is 3. The Bertz CT molecular complexity index is 777. The highest BCUT2D eigenvalue weighted by Crippen LogP contribution is 2.20. The first kappa shape index (κ1) is 23.9. The zero-order valence-electron chi connectivity index (χ0n) is 19.2. The molecule has 3 N–H and O–H groups in total. The Balaban J connectivity index is 1.50. The van der Waals surface area contributed by atoms with Crippen LogP contribution in [0.3, 0.4) is 0 Å². The quantitative estimate of drug-likeness (QED) is 0.628. The number of hydrogen-bond acceptors (Lipinski definition) is 4. The van der Waals surface area contributed by atoms with Crippen LogP contribution in [-0.2, 0) is 16.1 Å². The molecule has 1 heterocycles. The summed E-state index contributed by atoms with van der Waals surface area (Å²) in [5, 5.41) is 9.05. The number of methoxy groups -OCH3 is 1. The van der Waals surface area contributed by atoms with E-state index in [1.807, 2.05) is 24.3 Å². The van der Waals surface area contributed by atoms with Crippen molar-refractivity contribution in [2.45, 2.75) is 70.0 Å². The van der Waals surface area contributed by atoms with Crippen LogP contribution in [0, 0.1) is 5.92 Å². The number of carbonyl (C=O) groups excluding carboxylic acids is 3. The first-order valence-electron chi connectivity index (χ1n) is 11.7. The van der Waals surface area contributed by atoms with Crippen molar-refractivity contribution in [2.24, 2.45) is 5.92 Å². The topological polar surface area (TPSA) is 99.8 Å². The van der Waals surface area contributed by atoms with Crippen LogP contribution in [0.25, 0.3) is 0 Å². The van der Waals surface area contributed by atoms with E-state index in [9.17, 15) is 14.4 Å². The lowest BCUT2D eigenvalue weighted by molar-refractivity contribution is -0.135. The summed E-state index contributed by atoms with van der Waals surface area (Å²) < 4.78 is 5.16. The number of nitrogens with zero attached hydrogens (tertiary/aromatic N) is 1. The monoisotopic (exact) mass is 444 g/mol. The predicted molar refractivity (Wildman–Crippen MR) is 122 cm³/mol. The van der Waals surface area contributed by atoms with Crippen LogP contribution >= 0.6 is 0 Å². The van der Waals surface area contributed by atoms with E-state index >= 15 is 0 Å². The molecule has 1 aliphatic heterocycles. The van der Waals surface area contributed by atoms with Crippen LogP contribution in [0.1, 0.15) is 56.9 Å². The van der Waals surface area contributed by atoms with Gasteiger partial charge in [0, 0.05) is 44.6 Å². The summed E-state index contributed by atoms with van der Waals surface area (Å²) in [6.45, 7) is 0.867. The zero-order valence-corrected chi connectivity index (χ0v) is 19.2. The van der Waals surface area contributed by atoms with Gasteiger partial charge in [0.15, 0.2) is 0 Å². The molecule has 0 spiro atoms. The van der Waals surface area contributed by atoms with Gasteiger partial charge in [0.25, 0.3) is 0 Å². The molecule has 1 aliphatic carbocycles. The molecule has 1 saturated heterocycles. The molecule has 2 unspecified atom stereocenters. The molecule has 8 heteroatoms. The molecule has 4 amide bonds. The van der Waals surface area contributed by atoms with Crippen molar-refractivity contribution in [3.8, 4) is 5.75 Å². The van der Waals surface area contributed by atoms with Crippen molar-refractivity contribution in [2.75, 3.05) is 20.7 Å². The first-order valence-corrected chi connectivity index (χ1v) is 11.7. The van der Waals surface area contributed by atoms with Gasteiger partial charge in [-0.3, -0.25) is 9.59 Å². The first-order chi connectivity index (χ1) is 15.4. The lowest BCUT2D eigenvalue weighted by atomic mass is 9.96. The van der Waals surface area contributed by atoms with Crippen molar-refractivity contribution < 1.29 is 19.1 Å². The average Bonchev–Trinajstić information content (AvgIpc) is 3.30. The molecule has 0 bridgehead atoms. The second-order valence-electron chi connectivity index (χ2n) is 8.97. The van der Waals surface area contributed by atoms with E-state index < -0.39 is 0 Å². The second kappa shape index (κ2) is 11.7. The number of likely N-dealkylation sites (N-methyl/N-ethyl adjacent to an activating group) is 1. The minimum atomic E-state index is -0.366. The number of ether oxygens (including phenoxy) is 1. The van der Waals surface area contributed by atoms with Gasteiger partial charge in [0.1, 0.15) is 5.75 Å². The molecule has 2 aliphatic rings. The van der Waals surface area contributed by atoms with E-state index in [1.165, 1.54) is 0 Å². The van der Waals surface area contributed by atoms with E-state index in [0.717, 1.165) is 49.8 Å². The fourth-order valence-corrected chi connectivity index (χ4v) is 4.50. The van der Waals surface area contributed by atoms with E-state index in [4.69, 9.17) is 4.74 Å². The molecule has 1 aromatic carbocycles. The highest BCUT2D eigenvalue weighted by Gasteiger charge is 2.28.